The number of likely N-dealkylation sites (tertiary alicyclic amines) is 1. The zero-order chi connectivity index (χ0) is 21.3. The number of aromatic nitrogens is 1. The van der Waals surface area contributed by atoms with Crippen molar-refractivity contribution in [2.24, 2.45) is 0 Å². The molecule has 1 saturated heterocycles. The van der Waals surface area contributed by atoms with Crippen LogP contribution in [0.1, 0.15) is 29.6 Å². The summed E-state index contributed by atoms with van der Waals surface area (Å²) in [6.45, 7) is 2.76. The van der Waals surface area contributed by atoms with Crippen LogP contribution >= 0.6 is 11.6 Å². The van der Waals surface area contributed by atoms with Crippen molar-refractivity contribution in [3.05, 3.63) is 53.2 Å². The highest BCUT2D eigenvalue weighted by molar-refractivity contribution is 6.30. The van der Waals surface area contributed by atoms with E-state index in [1.807, 2.05) is 0 Å². The molecule has 1 fully saturated rings. The quantitative estimate of drug-likeness (QED) is 0.539. The lowest BCUT2D eigenvalue weighted by atomic mass is 10.1. The van der Waals surface area contributed by atoms with E-state index in [0.717, 1.165) is 38.9 Å². The molecular formula is C21H26ClN5O3. The molecule has 1 aliphatic rings. The van der Waals surface area contributed by atoms with E-state index in [-0.39, 0.29) is 24.6 Å². The van der Waals surface area contributed by atoms with Crippen LogP contribution in [0, 0.1) is 0 Å². The van der Waals surface area contributed by atoms with Gasteiger partial charge >= 0.3 is 6.03 Å². The Morgan fingerprint density at radius 2 is 2.10 bits per heavy atom. The van der Waals surface area contributed by atoms with Gasteiger partial charge in [0.1, 0.15) is 5.82 Å². The zero-order valence-corrected chi connectivity index (χ0v) is 17.4. The van der Waals surface area contributed by atoms with Gasteiger partial charge in [0.2, 0.25) is 0 Å². The number of anilines is 2. The molecule has 2 aromatic rings. The highest BCUT2D eigenvalue weighted by atomic mass is 35.5. The van der Waals surface area contributed by atoms with Crippen molar-refractivity contribution in [3.63, 3.8) is 0 Å². The number of aliphatic hydroxyl groups is 1. The fourth-order valence-corrected chi connectivity index (χ4v) is 3.51. The van der Waals surface area contributed by atoms with E-state index in [4.69, 9.17) is 16.7 Å². The van der Waals surface area contributed by atoms with Gasteiger partial charge in [-0.3, -0.25) is 4.79 Å². The number of hydrogen-bond acceptors (Lipinski definition) is 5. The number of nitrogens with zero attached hydrogens (tertiary/aromatic N) is 2. The first kappa shape index (κ1) is 22.0. The van der Waals surface area contributed by atoms with Gasteiger partial charge in [0.25, 0.3) is 5.91 Å². The molecular weight excluding hydrogens is 406 g/mol. The number of carbonyl (C=O) groups excluding carboxylic acids is 2. The van der Waals surface area contributed by atoms with Gasteiger partial charge in [0.15, 0.2) is 0 Å². The van der Waals surface area contributed by atoms with Crippen molar-refractivity contribution >= 4 is 35.0 Å². The smallest absolute Gasteiger partial charge is 0.319 e. The van der Waals surface area contributed by atoms with Crippen LogP contribution < -0.4 is 16.0 Å². The van der Waals surface area contributed by atoms with Crippen molar-refractivity contribution in [2.45, 2.75) is 25.3 Å². The number of nitrogens with one attached hydrogen (secondary N) is 3. The first-order valence-electron chi connectivity index (χ1n) is 9.97. The van der Waals surface area contributed by atoms with Crippen LogP contribution in [0.4, 0.5) is 16.3 Å². The number of hydrogen-bond donors (Lipinski definition) is 4. The molecule has 3 rings (SSSR count). The van der Waals surface area contributed by atoms with Crippen LogP contribution in [0.25, 0.3) is 0 Å². The molecule has 1 unspecified atom stereocenters. The average molecular weight is 432 g/mol. The number of carbonyl (C=O) groups is 2. The van der Waals surface area contributed by atoms with E-state index >= 15 is 0 Å². The minimum Gasteiger partial charge on any atom is -0.396 e. The van der Waals surface area contributed by atoms with Crippen molar-refractivity contribution in [1.82, 2.24) is 15.2 Å². The Morgan fingerprint density at radius 3 is 2.87 bits per heavy atom. The Kier molecular flexibility index (Phi) is 8.01. The predicted octanol–water partition coefficient (Wildman–Crippen LogP) is 2.96. The lowest BCUT2D eigenvalue weighted by Crippen LogP contribution is -2.49. The Labute approximate surface area is 180 Å². The molecule has 0 radical (unpaired) electrons. The Bertz CT molecular complexity index is 862. The van der Waals surface area contributed by atoms with E-state index in [2.05, 4.69) is 25.8 Å². The van der Waals surface area contributed by atoms with E-state index in [1.54, 1.807) is 36.4 Å². The van der Waals surface area contributed by atoms with Crippen molar-refractivity contribution in [2.75, 3.05) is 36.9 Å². The van der Waals surface area contributed by atoms with Crippen molar-refractivity contribution < 1.29 is 14.7 Å². The molecule has 0 saturated carbocycles. The normalized spacial score (nSPS) is 16.7. The SMILES string of the molecule is O=C(Nc1cccc(C(=O)Nc2ccc(Cl)cn2)c1)NC1CCCN(CCCO)C1. The summed E-state index contributed by atoms with van der Waals surface area (Å²) in [5.74, 6) is 0.0595. The second-order valence-electron chi connectivity index (χ2n) is 7.21. The number of rotatable bonds is 7. The van der Waals surface area contributed by atoms with Crippen LogP contribution in [0.3, 0.4) is 0 Å². The molecule has 3 amide bonds. The number of benzene rings is 1. The van der Waals surface area contributed by atoms with Crippen molar-refractivity contribution in [1.29, 1.82) is 0 Å². The van der Waals surface area contributed by atoms with Gasteiger partial charge in [-0.1, -0.05) is 17.7 Å². The summed E-state index contributed by atoms with van der Waals surface area (Å²) in [6, 6.07) is 9.71. The minimum absolute atomic E-state index is 0.0555. The summed E-state index contributed by atoms with van der Waals surface area (Å²) in [5, 5.41) is 17.9. The lowest BCUT2D eigenvalue weighted by Gasteiger charge is -2.33. The summed E-state index contributed by atoms with van der Waals surface area (Å²) >= 11 is 5.80. The third-order valence-corrected chi connectivity index (χ3v) is 5.05. The Balaban J connectivity index is 1.53. The fraction of sp³-hybridized carbons (Fsp3) is 0.381. The number of aliphatic hydroxyl groups excluding tert-OH is 1. The minimum atomic E-state index is -0.333. The first-order valence-corrected chi connectivity index (χ1v) is 10.3. The van der Waals surface area contributed by atoms with Crippen LogP contribution in [-0.2, 0) is 0 Å². The maximum Gasteiger partial charge on any atom is 0.319 e. The first-order chi connectivity index (χ1) is 14.5. The molecule has 1 aromatic carbocycles. The predicted molar refractivity (Wildman–Crippen MR) is 117 cm³/mol. The van der Waals surface area contributed by atoms with E-state index in [1.165, 1.54) is 6.20 Å². The molecule has 1 aliphatic heterocycles. The lowest BCUT2D eigenvalue weighted by molar-refractivity contribution is 0.102. The number of pyridine rings is 1. The standard InChI is InChI=1S/C21H26ClN5O3/c22-16-7-8-19(23-13-16)26-20(29)15-4-1-5-17(12-15)24-21(30)25-18-6-2-9-27(14-18)10-3-11-28/h1,4-5,7-8,12-13,18,28H,2-3,6,9-11,14H2,(H,23,26,29)(H2,24,25,30). The van der Waals surface area contributed by atoms with Gasteiger partial charge in [0.05, 0.1) is 5.02 Å². The Hall–Kier alpha value is -2.68. The molecule has 1 atom stereocenters. The highest BCUT2D eigenvalue weighted by Gasteiger charge is 2.21. The fourth-order valence-electron chi connectivity index (χ4n) is 3.40. The number of amides is 3. The van der Waals surface area contributed by atoms with Gasteiger partial charge in [-0.15, -0.1) is 0 Å². The number of urea groups is 1. The van der Waals surface area contributed by atoms with Crippen LogP contribution in [-0.4, -0.2) is 59.2 Å². The molecule has 9 heteroatoms. The average Bonchev–Trinajstić information content (AvgIpc) is 2.74. The summed E-state index contributed by atoms with van der Waals surface area (Å²) in [4.78, 5) is 31.1. The Morgan fingerprint density at radius 1 is 1.23 bits per heavy atom. The third-order valence-electron chi connectivity index (χ3n) is 4.82. The summed E-state index contributed by atoms with van der Waals surface area (Å²) in [7, 11) is 0. The molecule has 2 heterocycles. The topological polar surface area (TPSA) is 107 Å². The molecule has 0 aliphatic carbocycles. The van der Waals surface area contributed by atoms with E-state index in [9.17, 15) is 9.59 Å². The maximum absolute atomic E-state index is 12.4. The van der Waals surface area contributed by atoms with Gasteiger partial charge in [0, 0.05) is 43.2 Å². The third kappa shape index (κ3) is 6.69. The van der Waals surface area contributed by atoms with Crippen LogP contribution in [0.2, 0.25) is 5.02 Å². The number of halogens is 1. The summed E-state index contributed by atoms with van der Waals surface area (Å²) in [5.41, 5.74) is 0.926. The van der Waals surface area contributed by atoms with E-state index < -0.39 is 0 Å². The monoisotopic (exact) mass is 431 g/mol. The summed E-state index contributed by atoms with van der Waals surface area (Å²) in [6.07, 6.45) is 4.11. The van der Waals surface area contributed by atoms with Gasteiger partial charge < -0.3 is 26.0 Å². The van der Waals surface area contributed by atoms with E-state index in [0.29, 0.717) is 22.1 Å². The van der Waals surface area contributed by atoms with Gasteiger partial charge in [-0.05, 0) is 56.1 Å². The molecule has 160 valence electrons. The molecule has 0 bridgehead atoms. The zero-order valence-electron chi connectivity index (χ0n) is 16.6. The molecule has 8 nitrogen and oxygen atoms in total. The second-order valence-corrected chi connectivity index (χ2v) is 7.65. The van der Waals surface area contributed by atoms with Gasteiger partial charge in [-0.2, -0.15) is 0 Å². The van der Waals surface area contributed by atoms with Gasteiger partial charge in [-0.25, -0.2) is 9.78 Å². The molecule has 4 N–H and O–H groups in total. The molecule has 0 spiro atoms. The van der Waals surface area contributed by atoms with Crippen LogP contribution in [0.5, 0.6) is 0 Å². The maximum atomic E-state index is 12.4. The summed E-state index contributed by atoms with van der Waals surface area (Å²) < 4.78 is 0. The molecule has 1 aromatic heterocycles. The number of piperidine rings is 1. The van der Waals surface area contributed by atoms with Crippen LogP contribution in [0.15, 0.2) is 42.6 Å². The van der Waals surface area contributed by atoms with Crippen molar-refractivity contribution in [3.8, 4) is 0 Å². The second kappa shape index (κ2) is 10.9. The molecule has 30 heavy (non-hydrogen) atoms. The highest BCUT2D eigenvalue weighted by Crippen LogP contribution is 2.15. The largest absolute Gasteiger partial charge is 0.396 e.